The van der Waals surface area contributed by atoms with E-state index in [1.165, 1.54) is 48.7 Å². The van der Waals surface area contributed by atoms with E-state index < -0.39 is 5.60 Å². The molecule has 5 nitrogen and oxygen atoms in total. The van der Waals surface area contributed by atoms with Crippen molar-refractivity contribution in [1.29, 1.82) is 0 Å². The van der Waals surface area contributed by atoms with Crippen molar-refractivity contribution in [1.82, 2.24) is 10.0 Å². The molecule has 1 saturated carbocycles. The van der Waals surface area contributed by atoms with Gasteiger partial charge < -0.3 is 9.30 Å². The van der Waals surface area contributed by atoms with E-state index >= 15 is 0 Å². The average Bonchev–Trinajstić information content (AvgIpc) is 2.98. The van der Waals surface area contributed by atoms with E-state index in [1.54, 1.807) is 0 Å². The number of benzene rings is 2. The summed E-state index contributed by atoms with van der Waals surface area (Å²) < 4.78 is 8.48. The summed E-state index contributed by atoms with van der Waals surface area (Å²) in [6.07, 6.45) is 6.31. The van der Waals surface area contributed by atoms with Crippen LogP contribution in [0.15, 0.2) is 42.5 Å². The first-order chi connectivity index (χ1) is 15.4. The molecule has 1 aliphatic carbocycles. The highest BCUT2D eigenvalue weighted by atomic mass is 16.7. The van der Waals surface area contributed by atoms with Crippen LogP contribution in [0.3, 0.4) is 0 Å². The lowest BCUT2D eigenvalue weighted by Crippen LogP contribution is -2.33. The molecule has 0 bridgehead atoms. The zero-order valence-electron chi connectivity index (χ0n) is 19.2. The van der Waals surface area contributed by atoms with Crippen LogP contribution in [0.25, 0.3) is 22.2 Å². The largest absolute Gasteiger partial charge is 0.491 e. The van der Waals surface area contributed by atoms with Gasteiger partial charge in [0.25, 0.3) is 5.91 Å². The molecule has 1 N–H and O–H groups in total. The lowest BCUT2D eigenvalue weighted by atomic mass is 9.81. The van der Waals surface area contributed by atoms with Crippen LogP contribution in [0.4, 0.5) is 0 Å². The Hall–Kier alpha value is -2.79. The molecule has 0 unspecified atom stereocenters. The Bertz CT molecular complexity index is 1150. The van der Waals surface area contributed by atoms with Crippen LogP contribution >= 0.6 is 0 Å². The molecule has 1 aliphatic heterocycles. The second-order valence-electron chi connectivity index (χ2n) is 9.97. The highest BCUT2D eigenvalue weighted by molar-refractivity contribution is 6.00. The van der Waals surface area contributed by atoms with Crippen molar-refractivity contribution >= 4 is 16.8 Å². The smallest absolute Gasteiger partial charge is 0.274 e. The predicted molar refractivity (Wildman–Crippen MR) is 127 cm³/mol. The molecule has 5 heteroatoms. The number of amides is 1. The molecular formula is C27H32N2O3. The van der Waals surface area contributed by atoms with Crippen LogP contribution in [-0.4, -0.2) is 22.7 Å². The summed E-state index contributed by atoms with van der Waals surface area (Å²) in [4.78, 5) is 18.3. The number of ether oxygens (including phenoxy) is 1. The number of rotatable bonds is 3. The maximum Gasteiger partial charge on any atom is 0.274 e. The van der Waals surface area contributed by atoms with Crippen molar-refractivity contribution in [2.45, 2.75) is 70.9 Å². The minimum atomic E-state index is -0.443. The van der Waals surface area contributed by atoms with Crippen LogP contribution in [0, 0.1) is 0 Å². The molecule has 0 atom stereocenters. The maximum atomic E-state index is 12.8. The molecule has 0 radical (unpaired) electrons. The molecule has 2 heterocycles. The van der Waals surface area contributed by atoms with Gasteiger partial charge in [-0.1, -0.05) is 37.5 Å². The first kappa shape index (κ1) is 21.1. The summed E-state index contributed by atoms with van der Waals surface area (Å²) in [7, 11) is 0. The number of carbonyl (C=O) groups excluding carboxylic acids is 1. The minimum absolute atomic E-state index is 0.220. The quantitative estimate of drug-likeness (QED) is 0.501. The van der Waals surface area contributed by atoms with Gasteiger partial charge in [-0.05, 0) is 69.4 Å². The van der Waals surface area contributed by atoms with E-state index in [4.69, 9.17) is 9.57 Å². The van der Waals surface area contributed by atoms with E-state index in [2.05, 4.69) is 34.3 Å². The summed E-state index contributed by atoms with van der Waals surface area (Å²) in [5.41, 5.74) is 7.72. The lowest BCUT2D eigenvalue weighted by Gasteiger charge is -2.23. The summed E-state index contributed by atoms with van der Waals surface area (Å²) in [6, 6.07) is 14.4. The van der Waals surface area contributed by atoms with Crippen LogP contribution in [0.2, 0.25) is 0 Å². The molecular weight excluding hydrogens is 400 g/mol. The standard InChI is InChI=1S/C27H32N2O3/c1-27(2,3)32-28-26(30)19-13-14-20-22(17-19)29-15-16-31-23-12-8-7-11-21(23)25(29)24(20)18-9-5-4-6-10-18/h7-8,11-14,17-18H,4-6,9-10,15-16H2,1-3H3,(H,28,30). The van der Waals surface area contributed by atoms with Crippen molar-refractivity contribution in [3.05, 3.63) is 53.6 Å². The van der Waals surface area contributed by atoms with Gasteiger partial charge in [0.2, 0.25) is 0 Å². The monoisotopic (exact) mass is 432 g/mol. The Morgan fingerprint density at radius 2 is 1.88 bits per heavy atom. The summed E-state index contributed by atoms with van der Waals surface area (Å²) in [6.45, 7) is 7.12. The van der Waals surface area contributed by atoms with Gasteiger partial charge in [-0.25, -0.2) is 5.48 Å². The molecule has 1 amide bonds. The van der Waals surface area contributed by atoms with E-state index in [-0.39, 0.29) is 5.91 Å². The van der Waals surface area contributed by atoms with Crippen molar-refractivity contribution in [3.8, 4) is 17.0 Å². The minimum Gasteiger partial charge on any atom is -0.491 e. The van der Waals surface area contributed by atoms with Gasteiger partial charge in [-0.3, -0.25) is 9.63 Å². The molecule has 32 heavy (non-hydrogen) atoms. The third-order valence-electron chi connectivity index (χ3n) is 6.54. The van der Waals surface area contributed by atoms with Crippen LogP contribution in [0.5, 0.6) is 5.75 Å². The Balaban J connectivity index is 1.66. The number of hydrogen-bond acceptors (Lipinski definition) is 3. The number of nitrogens with one attached hydrogen (secondary N) is 1. The number of hydroxylamine groups is 1. The number of carbonyl (C=O) groups is 1. The van der Waals surface area contributed by atoms with Gasteiger partial charge in [-0.15, -0.1) is 0 Å². The first-order valence-electron chi connectivity index (χ1n) is 11.8. The van der Waals surface area contributed by atoms with Gasteiger partial charge in [0.15, 0.2) is 0 Å². The molecule has 5 rings (SSSR count). The number of nitrogens with zero attached hydrogens (tertiary/aromatic N) is 1. The number of para-hydroxylation sites is 1. The van der Waals surface area contributed by atoms with E-state index in [0.717, 1.165) is 23.4 Å². The van der Waals surface area contributed by atoms with Crippen molar-refractivity contribution < 1.29 is 14.4 Å². The Labute approximate surface area is 189 Å². The fourth-order valence-corrected chi connectivity index (χ4v) is 5.14. The third-order valence-corrected chi connectivity index (χ3v) is 6.54. The normalized spacial score (nSPS) is 16.7. The van der Waals surface area contributed by atoms with E-state index in [1.807, 2.05) is 39.0 Å². The number of hydrogen-bond donors (Lipinski definition) is 1. The van der Waals surface area contributed by atoms with Crippen molar-refractivity contribution in [2.24, 2.45) is 0 Å². The topological polar surface area (TPSA) is 52.5 Å². The van der Waals surface area contributed by atoms with Gasteiger partial charge in [0.05, 0.1) is 17.8 Å². The van der Waals surface area contributed by atoms with Gasteiger partial charge in [-0.2, -0.15) is 0 Å². The number of fused-ring (bicyclic) bond motifs is 5. The molecule has 2 aromatic carbocycles. The Morgan fingerprint density at radius 3 is 2.66 bits per heavy atom. The van der Waals surface area contributed by atoms with Crippen LogP contribution in [0.1, 0.15) is 74.7 Å². The summed E-state index contributed by atoms with van der Waals surface area (Å²) >= 11 is 0. The molecule has 0 spiro atoms. The lowest BCUT2D eigenvalue weighted by molar-refractivity contribution is -0.0589. The summed E-state index contributed by atoms with van der Waals surface area (Å²) in [5.74, 6) is 1.27. The highest BCUT2D eigenvalue weighted by Gasteiger charge is 2.29. The highest BCUT2D eigenvalue weighted by Crippen LogP contribution is 2.47. The zero-order valence-corrected chi connectivity index (χ0v) is 19.2. The zero-order chi connectivity index (χ0) is 22.3. The van der Waals surface area contributed by atoms with Gasteiger partial charge in [0, 0.05) is 22.0 Å². The fraction of sp³-hybridized carbons (Fsp3) is 0.444. The second-order valence-corrected chi connectivity index (χ2v) is 9.97. The van der Waals surface area contributed by atoms with Crippen molar-refractivity contribution in [3.63, 3.8) is 0 Å². The third kappa shape index (κ3) is 3.90. The van der Waals surface area contributed by atoms with Gasteiger partial charge in [0.1, 0.15) is 12.4 Å². The Morgan fingerprint density at radius 1 is 1.09 bits per heavy atom. The molecule has 1 fully saturated rings. The average molecular weight is 433 g/mol. The predicted octanol–water partition coefficient (Wildman–Crippen LogP) is 6.21. The summed E-state index contributed by atoms with van der Waals surface area (Å²) in [5, 5.41) is 1.26. The second kappa shape index (κ2) is 8.28. The molecule has 3 aromatic rings. The van der Waals surface area contributed by atoms with Crippen LogP contribution in [-0.2, 0) is 11.4 Å². The maximum absolute atomic E-state index is 12.8. The molecule has 1 aromatic heterocycles. The van der Waals surface area contributed by atoms with E-state index in [9.17, 15) is 4.79 Å². The number of aromatic nitrogens is 1. The first-order valence-corrected chi connectivity index (χ1v) is 11.8. The van der Waals surface area contributed by atoms with Crippen molar-refractivity contribution in [2.75, 3.05) is 6.61 Å². The molecule has 168 valence electrons. The Kier molecular flexibility index (Phi) is 5.46. The van der Waals surface area contributed by atoms with Gasteiger partial charge >= 0.3 is 0 Å². The molecule has 2 aliphatic rings. The SMILES string of the molecule is CC(C)(C)ONC(=O)c1ccc2c(C3CCCCC3)c3n(c2c1)CCOc1ccccc1-3. The fourth-order valence-electron chi connectivity index (χ4n) is 5.14. The molecule has 0 saturated heterocycles. The van der Waals surface area contributed by atoms with Crippen LogP contribution < -0.4 is 10.2 Å². The van der Waals surface area contributed by atoms with E-state index in [0.29, 0.717) is 18.1 Å².